The second-order valence-corrected chi connectivity index (χ2v) is 2.80. The van der Waals surface area contributed by atoms with Gasteiger partial charge in [0, 0.05) is 11.9 Å². The Morgan fingerprint density at radius 2 is 2.38 bits per heavy atom. The molecule has 2 heteroatoms. The lowest BCUT2D eigenvalue weighted by Crippen LogP contribution is -1.89. The largest absolute Gasteiger partial charge is 0.262 e. The van der Waals surface area contributed by atoms with Crippen molar-refractivity contribution < 1.29 is 4.39 Å². The van der Waals surface area contributed by atoms with Gasteiger partial charge in [-0.2, -0.15) is 0 Å². The van der Waals surface area contributed by atoms with Gasteiger partial charge < -0.3 is 0 Å². The molecule has 0 atom stereocenters. The molecular weight excluding hydrogens is 165 g/mol. The molecular formula is C11H12FN. The van der Waals surface area contributed by atoms with Crippen LogP contribution in [-0.2, 0) is 0 Å². The fourth-order valence-corrected chi connectivity index (χ4v) is 1.09. The van der Waals surface area contributed by atoms with Gasteiger partial charge in [-0.15, -0.1) is 0 Å². The molecule has 0 aromatic heterocycles. The fourth-order valence-electron chi connectivity index (χ4n) is 1.09. The number of nitrogens with zero attached hydrogens (tertiary/aromatic N) is 1. The number of hydrogen-bond donors (Lipinski definition) is 0. The Morgan fingerprint density at radius 3 is 2.92 bits per heavy atom. The summed E-state index contributed by atoms with van der Waals surface area (Å²) in [6.07, 6.45) is 8.81. The second-order valence-electron chi connectivity index (χ2n) is 2.80. The van der Waals surface area contributed by atoms with Crippen molar-refractivity contribution in [3.05, 3.63) is 48.5 Å². The zero-order chi connectivity index (χ0) is 9.68. The minimum absolute atomic E-state index is 0.171. The summed E-state index contributed by atoms with van der Waals surface area (Å²) in [5.74, 6) is -0.171. The molecule has 0 N–H and O–H groups in total. The molecule has 0 fully saturated rings. The Hall–Kier alpha value is -1.44. The van der Waals surface area contributed by atoms with Gasteiger partial charge in [-0.3, -0.25) is 4.99 Å². The topological polar surface area (TPSA) is 12.4 Å². The molecule has 1 rings (SSSR count). The molecule has 13 heavy (non-hydrogen) atoms. The zero-order valence-corrected chi connectivity index (χ0v) is 7.63. The van der Waals surface area contributed by atoms with Gasteiger partial charge >= 0.3 is 0 Å². The number of rotatable bonds is 2. The quantitative estimate of drug-likeness (QED) is 0.574. The van der Waals surface area contributed by atoms with E-state index in [1.807, 2.05) is 13.0 Å². The van der Waals surface area contributed by atoms with Crippen LogP contribution in [0.2, 0.25) is 0 Å². The van der Waals surface area contributed by atoms with Gasteiger partial charge in [-0.1, -0.05) is 12.7 Å². The molecule has 0 aromatic carbocycles. The summed E-state index contributed by atoms with van der Waals surface area (Å²) in [5.41, 5.74) is 1.94. The minimum atomic E-state index is -0.171. The van der Waals surface area contributed by atoms with Crippen LogP contribution in [0, 0.1) is 0 Å². The van der Waals surface area contributed by atoms with Crippen molar-refractivity contribution in [1.82, 2.24) is 0 Å². The van der Waals surface area contributed by atoms with E-state index in [1.54, 1.807) is 12.2 Å². The SMILES string of the molecule is C=CN=C(C)/C=C1/C=CC(F)=CC1. The van der Waals surface area contributed by atoms with Gasteiger partial charge in [0.2, 0.25) is 0 Å². The van der Waals surface area contributed by atoms with E-state index in [0.717, 1.165) is 11.3 Å². The minimum Gasteiger partial charge on any atom is -0.262 e. The van der Waals surface area contributed by atoms with Crippen LogP contribution in [0.5, 0.6) is 0 Å². The monoisotopic (exact) mass is 177 g/mol. The number of hydrogen-bond acceptors (Lipinski definition) is 1. The van der Waals surface area contributed by atoms with Gasteiger partial charge in [0.05, 0.1) is 0 Å². The highest BCUT2D eigenvalue weighted by atomic mass is 19.1. The highest BCUT2D eigenvalue weighted by molar-refractivity contribution is 5.94. The van der Waals surface area contributed by atoms with E-state index in [0.29, 0.717) is 6.42 Å². The molecule has 1 aliphatic rings. The summed E-state index contributed by atoms with van der Waals surface area (Å²) in [6.45, 7) is 5.39. The van der Waals surface area contributed by atoms with Crippen molar-refractivity contribution in [2.75, 3.05) is 0 Å². The van der Waals surface area contributed by atoms with Crippen LogP contribution in [0.3, 0.4) is 0 Å². The average Bonchev–Trinajstić information content (AvgIpc) is 2.09. The molecule has 0 bridgehead atoms. The maximum absolute atomic E-state index is 12.5. The first-order valence-corrected chi connectivity index (χ1v) is 4.12. The van der Waals surface area contributed by atoms with E-state index in [2.05, 4.69) is 11.6 Å². The van der Waals surface area contributed by atoms with E-state index in [9.17, 15) is 4.39 Å². The average molecular weight is 177 g/mol. The molecule has 0 aliphatic heterocycles. The van der Waals surface area contributed by atoms with Crippen LogP contribution < -0.4 is 0 Å². The smallest absolute Gasteiger partial charge is 0.119 e. The third kappa shape index (κ3) is 3.20. The lowest BCUT2D eigenvalue weighted by atomic mass is 10.1. The number of allylic oxidation sites excluding steroid dienone is 6. The lowest BCUT2D eigenvalue weighted by Gasteiger charge is -2.02. The van der Waals surface area contributed by atoms with E-state index in [4.69, 9.17) is 0 Å². The molecule has 68 valence electrons. The van der Waals surface area contributed by atoms with Crippen LogP contribution in [-0.4, -0.2) is 5.71 Å². The maximum atomic E-state index is 12.5. The summed E-state index contributed by atoms with van der Waals surface area (Å²) in [4.78, 5) is 3.99. The molecule has 1 nitrogen and oxygen atoms in total. The van der Waals surface area contributed by atoms with Crippen LogP contribution in [0.25, 0.3) is 0 Å². The molecule has 0 saturated heterocycles. The first-order valence-electron chi connectivity index (χ1n) is 4.12. The third-order valence-corrected chi connectivity index (χ3v) is 1.68. The van der Waals surface area contributed by atoms with E-state index in [-0.39, 0.29) is 5.83 Å². The number of halogens is 1. The summed E-state index contributed by atoms with van der Waals surface area (Å²) >= 11 is 0. The van der Waals surface area contributed by atoms with Crippen LogP contribution >= 0.6 is 0 Å². The van der Waals surface area contributed by atoms with Gasteiger partial charge in [0.15, 0.2) is 0 Å². The normalized spacial score (nSPS) is 20.3. The van der Waals surface area contributed by atoms with Gasteiger partial charge in [0.25, 0.3) is 0 Å². The van der Waals surface area contributed by atoms with Crippen molar-refractivity contribution in [1.29, 1.82) is 0 Å². The summed E-state index contributed by atoms with van der Waals surface area (Å²) in [5, 5.41) is 0. The molecule has 0 saturated carbocycles. The maximum Gasteiger partial charge on any atom is 0.119 e. The molecule has 0 spiro atoms. The van der Waals surface area contributed by atoms with Crippen molar-refractivity contribution in [2.24, 2.45) is 4.99 Å². The van der Waals surface area contributed by atoms with Crippen molar-refractivity contribution in [3.63, 3.8) is 0 Å². The van der Waals surface area contributed by atoms with Crippen molar-refractivity contribution >= 4 is 5.71 Å². The molecule has 1 aliphatic carbocycles. The second kappa shape index (κ2) is 4.55. The van der Waals surface area contributed by atoms with E-state index >= 15 is 0 Å². The van der Waals surface area contributed by atoms with Crippen molar-refractivity contribution in [2.45, 2.75) is 13.3 Å². The van der Waals surface area contributed by atoms with E-state index < -0.39 is 0 Å². The van der Waals surface area contributed by atoms with Gasteiger partial charge in [-0.05, 0) is 37.1 Å². The molecule has 0 radical (unpaired) electrons. The Bertz CT molecular complexity index is 319. The van der Waals surface area contributed by atoms with Gasteiger partial charge in [0.1, 0.15) is 5.83 Å². The van der Waals surface area contributed by atoms with Gasteiger partial charge in [-0.25, -0.2) is 4.39 Å². The Balaban J connectivity index is 2.71. The Morgan fingerprint density at radius 1 is 1.62 bits per heavy atom. The predicted octanol–water partition coefficient (Wildman–Crippen LogP) is 3.33. The summed E-state index contributed by atoms with van der Waals surface area (Å²) in [6, 6.07) is 0. The first-order chi connectivity index (χ1) is 6.22. The molecule has 0 amide bonds. The summed E-state index contributed by atoms with van der Waals surface area (Å²) < 4.78 is 12.5. The first kappa shape index (κ1) is 9.65. The molecule has 0 heterocycles. The highest BCUT2D eigenvalue weighted by Crippen LogP contribution is 2.15. The Labute approximate surface area is 77.7 Å². The lowest BCUT2D eigenvalue weighted by molar-refractivity contribution is 0.659. The van der Waals surface area contributed by atoms with Crippen LogP contribution in [0.4, 0.5) is 4.39 Å². The van der Waals surface area contributed by atoms with E-state index in [1.165, 1.54) is 12.3 Å². The summed E-state index contributed by atoms with van der Waals surface area (Å²) in [7, 11) is 0. The van der Waals surface area contributed by atoms with Crippen LogP contribution in [0.1, 0.15) is 13.3 Å². The standard InChI is InChI=1S/C11H12FN/c1-3-13-9(2)8-10-4-6-11(12)7-5-10/h3-4,6-8H,1,5H2,2H3/b10-8-,13-9?. The van der Waals surface area contributed by atoms with Crippen molar-refractivity contribution in [3.8, 4) is 0 Å². The number of aliphatic imine (C=N–C) groups is 1. The molecule has 0 unspecified atom stereocenters. The highest BCUT2D eigenvalue weighted by Gasteiger charge is 1.99. The predicted molar refractivity (Wildman–Crippen MR) is 54.3 cm³/mol. The molecule has 0 aromatic rings. The fraction of sp³-hybridized carbons (Fsp3) is 0.182. The zero-order valence-electron chi connectivity index (χ0n) is 7.63. The third-order valence-electron chi connectivity index (χ3n) is 1.68. The van der Waals surface area contributed by atoms with Crippen LogP contribution in [0.15, 0.2) is 53.5 Å². The Kier molecular flexibility index (Phi) is 3.38.